The Kier molecular flexibility index (Phi) is 7.71. The molecule has 2 fully saturated rings. The number of alkyl halides is 3. The van der Waals surface area contributed by atoms with E-state index in [9.17, 15) is 23.1 Å². The van der Waals surface area contributed by atoms with Crippen LogP contribution in [0.15, 0.2) is 16.5 Å². The first-order chi connectivity index (χ1) is 17.0. The molecule has 3 N–H and O–H groups in total. The number of amides is 1. The van der Waals surface area contributed by atoms with Gasteiger partial charge < -0.3 is 29.8 Å². The molecule has 1 amide bonds. The van der Waals surface area contributed by atoms with Crippen LogP contribution in [0.3, 0.4) is 0 Å². The Morgan fingerprint density at radius 3 is 2.75 bits per heavy atom. The van der Waals surface area contributed by atoms with Crippen molar-refractivity contribution in [1.29, 1.82) is 0 Å². The van der Waals surface area contributed by atoms with Gasteiger partial charge in [0.05, 0.1) is 6.10 Å². The molecule has 2 aliphatic heterocycles. The number of halogens is 3. The number of nitrogens with zero attached hydrogens (tertiary/aromatic N) is 4. The molecule has 0 unspecified atom stereocenters. The van der Waals surface area contributed by atoms with E-state index >= 15 is 0 Å². The standard InChI is InChI=1S/C23H31F3N6O4/c1-13-8-16(11-31-6-7-32(14(2)10-31)22(34)35-12-23(24,25)26)15(3)17(9-13)28-21-30-29-20(36-21)19-18(33)4-5-27-19/h8-9,14,18-19,27,33H,4-7,10-12H2,1-3H3,(H,28,30)/t14-,18+,19-/m0/s1. The van der Waals surface area contributed by atoms with Crippen LogP contribution < -0.4 is 10.6 Å². The van der Waals surface area contributed by atoms with Gasteiger partial charge in [-0.05, 0) is 56.5 Å². The number of rotatable bonds is 6. The molecule has 1 aromatic heterocycles. The van der Waals surface area contributed by atoms with Crippen molar-refractivity contribution in [2.24, 2.45) is 0 Å². The van der Waals surface area contributed by atoms with Crippen LogP contribution in [0, 0.1) is 13.8 Å². The van der Waals surface area contributed by atoms with Crippen LogP contribution in [0.4, 0.5) is 29.7 Å². The van der Waals surface area contributed by atoms with E-state index in [2.05, 4.69) is 36.5 Å². The smallest absolute Gasteiger partial charge is 0.422 e. The van der Waals surface area contributed by atoms with Gasteiger partial charge in [-0.15, -0.1) is 5.10 Å². The summed E-state index contributed by atoms with van der Waals surface area (Å²) in [6.45, 7) is 6.72. The van der Waals surface area contributed by atoms with Crippen LogP contribution >= 0.6 is 0 Å². The molecule has 36 heavy (non-hydrogen) atoms. The molecule has 13 heteroatoms. The maximum absolute atomic E-state index is 12.4. The third-order valence-electron chi connectivity index (χ3n) is 6.50. The summed E-state index contributed by atoms with van der Waals surface area (Å²) in [5, 5.41) is 24.5. The monoisotopic (exact) mass is 512 g/mol. The van der Waals surface area contributed by atoms with Gasteiger partial charge in [0, 0.05) is 37.9 Å². The number of aliphatic hydroxyl groups is 1. The average molecular weight is 513 g/mol. The molecule has 10 nitrogen and oxygen atoms in total. The van der Waals surface area contributed by atoms with Crippen molar-refractivity contribution in [2.75, 3.05) is 38.1 Å². The van der Waals surface area contributed by atoms with Crippen molar-refractivity contribution in [3.63, 3.8) is 0 Å². The first-order valence-electron chi connectivity index (χ1n) is 11.8. The SMILES string of the molecule is Cc1cc(CN2CCN(C(=O)OCC(F)(F)F)[C@@H](C)C2)c(C)c(Nc2nnc([C@H]3NCC[C@H]3O)o2)c1. The van der Waals surface area contributed by atoms with Crippen LogP contribution in [-0.2, 0) is 11.3 Å². The van der Waals surface area contributed by atoms with E-state index in [4.69, 9.17) is 4.42 Å². The highest BCUT2D eigenvalue weighted by Crippen LogP contribution is 2.29. The third kappa shape index (κ3) is 6.26. The van der Waals surface area contributed by atoms with Gasteiger partial charge in [-0.3, -0.25) is 4.90 Å². The zero-order valence-corrected chi connectivity index (χ0v) is 20.4. The van der Waals surface area contributed by atoms with Crippen molar-refractivity contribution < 1.29 is 32.2 Å². The second-order valence-corrected chi connectivity index (χ2v) is 9.40. The van der Waals surface area contributed by atoms with Crippen LogP contribution in [0.25, 0.3) is 0 Å². The maximum atomic E-state index is 12.4. The second-order valence-electron chi connectivity index (χ2n) is 9.40. The molecular weight excluding hydrogens is 481 g/mol. The van der Waals surface area contributed by atoms with Gasteiger partial charge in [0.15, 0.2) is 6.61 Å². The van der Waals surface area contributed by atoms with Crippen molar-refractivity contribution >= 4 is 17.8 Å². The molecule has 4 rings (SSSR count). The van der Waals surface area contributed by atoms with Crippen molar-refractivity contribution in [2.45, 2.75) is 58.1 Å². The van der Waals surface area contributed by atoms with E-state index < -0.39 is 25.0 Å². The van der Waals surface area contributed by atoms with Crippen molar-refractivity contribution in [3.05, 3.63) is 34.7 Å². The summed E-state index contributed by atoms with van der Waals surface area (Å²) >= 11 is 0. The summed E-state index contributed by atoms with van der Waals surface area (Å²) in [6, 6.07) is 3.60. The zero-order valence-electron chi connectivity index (χ0n) is 20.4. The molecule has 0 spiro atoms. The minimum atomic E-state index is -4.55. The highest BCUT2D eigenvalue weighted by Gasteiger charge is 2.34. The lowest BCUT2D eigenvalue weighted by Crippen LogP contribution is -2.54. The number of aryl methyl sites for hydroxylation is 1. The fourth-order valence-electron chi connectivity index (χ4n) is 4.61. The van der Waals surface area contributed by atoms with Crippen LogP contribution in [0.2, 0.25) is 0 Å². The summed E-state index contributed by atoms with van der Waals surface area (Å²) in [7, 11) is 0. The van der Waals surface area contributed by atoms with Gasteiger partial charge in [-0.2, -0.15) is 13.2 Å². The Morgan fingerprint density at radius 2 is 2.08 bits per heavy atom. The Morgan fingerprint density at radius 1 is 1.31 bits per heavy atom. The van der Waals surface area contributed by atoms with E-state index in [0.717, 1.165) is 22.4 Å². The fraction of sp³-hybridized carbons (Fsp3) is 0.609. The van der Waals surface area contributed by atoms with E-state index in [1.807, 2.05) is 19.9 Å². The summed E-state index contributed by atoms with van der Waals surface area (Å²) in [4.78, 5) is 15.6. The number of ether oxygens (including phenoxy) is 1. The predicted molar refractivity (Wildman–Crippen MR) is 124 cm³/mol. The number of benzene rings is 1. The minimum Gasteiger partial charge on any atom is -0.440 e. The van der Waals surface area contributed by atoms with E-state index in [1.54, 1.807) is 6.92 Å². The number of carbonyl (C=O) groups excluding carboxylic acids is 1. The average Bonchev–Trinajstić information content (AvgIpc) is 3.43. The van der Waals surface area contributed by atoms with Crippen molar-refractivity contribution in [1.82, 2.24) is 25.3 Å². The number of carbonyl (C=O) groups is 1. The first-order valence-corrected chi connectivity index (χ1v) is 11.8. The fourth-order valence-corrected chi connectivity index (χ4v) is 4.61. The molecule has 3 atom stereocenters. The normalized spacial score (nSPS) is 23.2. The molecular formula is C23H31F3N6O4. The molecule has 2 saturated heterocycles. The molecule has 2 aromatic rings. The Bertz CT molecular complexity index is 1080. The molecule has 0 aliphatic carbocycles. The first kappa shape index (κ1) is 26.2. The van der Waals surface area contributed by atoms with Gasteiger partial charge in [0.25, 0.3) is 0 Å². The lowest BCUT2D eigenvalue weighted by molar-refractivity contribution is -0.163. The number of hydrogen-bond donors (Lipinski definition) is 3. The third-order valence-corrected chi connectivity index (χ3v) is 6.50. The molecule has 0 radical (unpaired) electrons. The topological polar surface area (TPSA) is 116 Å². The largest absolute Gasteiger partial charge is 0.440 e. The maximum Gasteiger partial charge on any atom is 0.422 e. The number of aliphatic hydroxyl groups excluding tert-OH is 1. The lowest BCUT2D eigenvalue weighted by Gasteiger charge is -2.39. The summed E-state index contributed by atoms with van der Waals surface area (Å²) < 4.78 is 47.3. The van der Waals surface area contributed by atoms with Gasteiger partial charge in [0.1, 0.15) is 6.04 Å². The van der Waals surface area contributed by atoms with Crippen LogP contribution in [0.5, 0.6) is 0 Å². The molecule has 0 saturated carbocycles. The van der Waals surface area contributed by atoms with Crippen molar-refractivity contribution in [3.8, 4) is 0 Å². The number of hydrogen-bond acceptors (Lipinski definition) is 9. The quantitative estimate of drug-likeness (QED) is 0.537. The van der Waals surface area contributed by atoms with Crippen LogP contribution in [-0.4, -0.2) is 82.3 Å². The van der Waals surface area contributed by atoms with E-state index in [-0.39, 0.29) is 24.6 Å². The molecule has 2 aliphatic rings. The number of nitrogens with one attached hydrogen (secondary N) is 2. The van der Waals surface area contributed by atoms with Gasteiger partial charge in [-0.25, -0.2) is 4.79 Å². The highest BCUT2D eigenvalue weighted by molar-refractivity contribution is 5.68. The lowest BCUT2D eigenvalue weighted by atomic mass is 10.0. The number of piperazine rings is 1. The minimum absolute atomic E-state index is 0.227. The van der Waals surface area contributed by atoms with Gasteiger partial charge >= 0.3 is 18.3 Å². The molecule has 3 heterocycles. The summed E-state index contributed by atoms with van der Waals surface area (Å²) in [6.07, 6.45) is -5.44. The number of anilines is 2. The second kappa shape index (κ2) is 10.6. The van der Waals surface area contributed by atoms with Crippen LogP contribution in [0.1, 0.15) is 42.0 Å². The Balaban J connectivity index is 1.39. The molecule has 1 aromatic carbocycles. The predicted octanol–water partition coefficient (Wildman–Crippen LogP) is 3.03. The van der Waals surface area contributed by atoms with Gasteiger partial charge in [-0.1, -0.05) is 11.2 Å². The Labute approximate surface area is 206 Å². The summed E-state index contributed by atoms with van der Waals surface area (Å²) in [5.41, 5.74) is 3.88. The van der Waals surface area contributed by atoms with E-state index in [0.29, 0.717) is 38.5 Å². The van der Waals surface area contributed by atoms with Gasteiger partial charge in [0.2, 0.25) is 5.89 Å². The summed E-state index contributed by atoms with van der Waals surface area (Å²) in [5.74, 6) is 0.327. The number of aromatic nitrogens is 2. The molecule has 0 bridgehead atoms. The highest BCUT2D eigenvalue weighted by atomic mass is 19.4. The zero-order chi connectivity index (χ0) is 26.0. The van der Waals surface area contributed by atoms with E-state index in [1.165, 1.54) is 4.90 Å². The Hall–Kier alpha value is -2.90. The molecule has 198 valence electrons.